The molecule has 0 aliphatic carbocycles. The van der Waals surface area contributed by atoms with Crippen LogP contribution in [0.15, 0.2) is 47.4 Å². The molecule has 2 aromatic rings. The zero-order valence-electron chi connectivity index (χ0n) is 13.0. The smallest absolute Gasteiger partial charge is 0.207 e. The maximum atomic E-state index is 12.9. The number of halogens is 1. The molecule has 0 N–H and O–H groups in total. The van der Waals surface area contributed by atoms with Gasteiger partial charge in [-0.2, -0.15) is 4.31 Å². The van der Waals surface area contributed by atoms with Gasteiger partial charge in [-0.15, -0.1) is 0 Å². The van der Waals surface area contributed by atoms with Crippen LogP contribution in [0.3, 0.4) is 0 Å². The van der Waals surface area contributed by atoms with Crippen molar-refractivity contribution < 1.29 is 8.42 Å². The Morgan fingerprint density at radius 3 is 2.27 bits per heavy atom. The maximum Gasteiger partial charge on any atom is 0.243 e. The Kier molecular flexibility index (Phi) is 5.27. The Bertz CT molecular complexity index is 758. The number of aryl methyl sites for hydroxylation is 2. The number of sulfonamides is 1. The lowest BCUT2D eigenvalue weighted by molar-refractivity contribution is 0.423. The van der Waals surface area contributed by atoms with Crippen molar-refractivity contribution in [1.29, 1.82) is 0 Å². The van der Waals surface area contributed by atoms with Crippen LogP contribution < -0.4 is 0 Å². The molecule has 0 heterocycles. The lowest BCUT2D eigenvalue weighted by Gasteiger charge is -2.22. The summed E-state index contributed by atoms with van der Waals surface area (Å²) in [6, 6.07) is 13.0. The van der Waals surface area contributed by atoms with Crippen molar-refractivity contribution in [3.63, 3.8) is 0 Å². The van der Waals surface area contributed by atoms with Crippen molar-refractivity contribution in [1.82, 2.24) is 4.31 Å². The van der Waals surface area contributed by atoms with Gasteiger partial charge < -0.3 is 0 Å². The first-order valence-corrected chi connectivity index (χ1v) is 8.99. The highest BCUT2D eigenvalue weighted by molar-refractivity contribution is 7.89. The Morgan fingerprint density at radius 1 is 1.05 bits per heavy atom. The molecule has 22 heavy (non-hydrogen) atoms. The van der Waals surface area contributed by atoms with Crippen molar-refractivity contribution in [3.8, 4) is 0 Å². The van der Waals surface area contributed by atoms with Crippen LogP contribution >= 0.6 is 11.6 Å². The third-order valence-electron chi connectivity index (χ3n) is 3.63. The fourth-order valence-electron chi connectivity index (χ4n) is 2.33. The number of hydrogen-bond donors (Lipinski definition) is 0. The normalized spacial score (nSPS) is 11.9. The SMILES string of the molecule is CCN(Cc1ccccc1)S(=O)(=O)c1cc(C)c(Cl)cc1C. The van der Waals surface area contributed by atoms with Gasteiger partial charge in [0.2, 0.25) is 10.0 Å². The molecule has 0 aliphatic rings. The monoisotopic (exact) mass is 337 g/mol. The van der Waals surface area contributed by atoms with Gasteiger partial charge in [-0.1, -0.05) is 48.9 Å². The van der Waals surface area contributed by atoms with E-state index in [2.05, 4.69) is 0 Å². The van der Waals surface area contributed by atoms with Gasteiger partial charge in [-0.05, 0) is 42.7 Å². The van der Waals surface area contributed by atoms with Gasteiger partial charge in [0, 0.05) is 18.1 Å². The largest absolute Gasteiger partial charge is 0.243 e. The molecular formula is C17H20ClNO2S. The molecule has 2 aromatic carbocycles. The van der Waals surface area contributed by atoms with E-state index < -0.39 is 10.0 Å². The summed E-state index contributed by atoms with van der Waals surface area (Å²) in [7, 11) is -3.54. The summed E-state index contributed by atoms with van der Waals surface area (Å²) in [5.41, 5.74) is 2.40. The molecule has 0 fully saturated rings. The zero-order chi connectivity index (χ0) is 16.3. The minimum absolute atomic E-state index is 0.326. The molecule has 0 radical (unpaired) electrons. The van der Waals surface area contributed by atoms with E-state index in [-0.39, 0.29) is 0 Å². The zero-order valence-corrected chi connectivity index (χ0v) is 14.6. The van der Waals surface area contributed by atoms with E-state index in [9.17, 15) is 8.42 Å². The summed E-state index contributed by atoms with van der Waals surface area (Å²) >= 11 is 6.07. The second-order valence-electron chi connectivity index (χ2n) is 5.28. The van der Waals surface area contributed by atoms with Crippen molar-refractivity contribution >= 4 is 21.6 Å². The molecular weight excluding hydrogens is 318 g/mol. The molecule has 0 saturated heterocycles. The van der Waals surface area contributed by atoms with Gasteiger partial charge in [-0.3, -0.25) is 0 Å². The number of benzene rings is 2. The fourth-order valence-corrected chi connectivity index (χ4v) is 4.27. The highest BCUT2D eigenvalue weighted by Gasteiger charge is 2.25. The minimum atomic E-state index is -3.54. The van der Waals surface area contributed by atoms with Crippen LogP contribution in [0.1, 0.15) is 23.6 Å². The summed E-state index contributed by atoms with van der Waals surface area (Å²) in [6.07, 6.45) is 0. The maximum absolute atomic E-state index is 12.9. The quantitative estimate of drug-likeness (QED) is 0.821. The first-order valence-electron chi connectivity index (χ1n) is 7.17. The van der Waals surface area contributed by atoms with Gasteiger partial charge >= 0.3 is 0 Å². The van der Waals surface area contributed by atoms with E-state index in [1.807, 2.05) is 44.2 Å². The Balaban J connectivity index is 2.41. The molecule has 0 atom stereocenters. The topological polar surface area (TPSA) is 37.4 Å². The van der Waals surface area contributed by atoms with Crippen molar-refractivity contribution in [2.75, 3.05) is 6.54 Å². The molecule has 0 bridgehead atoms. The van der Waals surface area contributed by atoms with Crippen molar-refractivity contribution in [2.45, 2.75) is 32.2 Å². The molecule has 2 rings (SSSR count). The van der Waals surface area contributed by atoms with Gasteiger partial charge in [0.25, 0.3) is 0 Å². The fraction of sp³-hybridized carbons (Fsp3) is 0.294. The summed E-state index contributed by atoms with van der Waals surface area (Å²) < 4.78 is 27.4. The number of hydrogen-bond acceptors (Lipinski definition) is 2. The van der Waals surface area contributed by atoms with E-state index in [1.54, 1.807) is 19.1 Å². The highest BCUT2D eigenvalue weighted by atomic mass is 35.5. The van der Waals surface area contributed by atoms with E-state index in [4.69, 9.17) is 11.6 Å². The average molecular weight is 338 g/mol. The van der Waals surface area contributed by atoms with Crippen LogP contribution in [0.25, 0.3) is 0 Å². The second kappa shape index (κ2) is 6.82. The molecule has 0 amide bonds. The van der Waals surface area contributed by atoms with Crippen LogP contribution in [0, 0.1) is 13.8 Å². The predicted octanol–water partition coefficient (Wildman–Crippen LogP) is 4.17. The first-order chi connectivity index (χ1) is 10.4. The summed E-state index contributed by atoms with van der Waals surface area (Å²) in [6.45, 7) is 6.21. The Hall–Kier alpha value is -1.36. The van der Waals surface area contributed by atoms with E-state index in [0.717, 1.165) is 11.1 Å². The van der Waals surface area contributed by atoms with Gasteiger partial charge in [0.15, 0.2) is 0 Å². The van der Waals surface area contributed by atoms with Crippen LogP contribution in [0.5, 0.6) is 0 Å². The molecule has 3 nitrogen and oxygen atoms in total. The number of nitrogens with zero attached hydrogens (tertiary/aromatic N) is 1. The molecule has 0 aliphatic heterocycles. The lowest BCUT2D eigenvalue weighted by atomic mass is 10.2. The van der Waals surface area contributed by atoms with Gasteiger partial charge in [0.1, 0.15) is 0 Å². The van der Waals surface area contributed by atoms with E-state index in [1.165, 1.54) is 4.31 Å². The Labute approximate surface area is 137 Å². The number of rotatable bonds is 5. The third-order valence-corrected chi connectivity index (χ3v) is 6.10. The summed E-state index contributed by atoms with van der Waals surface area (Å²) in [5.74, 6) is 0. The standard InChI is InChI=1S/C17H20ClNO2S/c1-4-19(12-15-8-6-5-7-9-15)22(20,21)17-11-13(2)16(18)10-14(17)3/h5-11H,4,12H2,1-3H3. The first kappa shape index (κ1) is 17.0. The molecule has 0 aromatic heterocycles. The van der Waals surface area contributed by atoms with Crippen LogP contribution in [0.2, 0.25) is 5.02 Å². The van der Waals surface area contributed by atoms with Crippen molar-refractivity contribution in [3.05, 3.63) is 64.2 Å². The summed E-state index contributed by atoms with van der Waals surface area (Å²) in [4.78, 5) is 0.326. The van der Waals surface area contributed by atoms with Crippen molar-refractivity contribution in [2.24, 2.45) is 0 Å². The van der Waals surface area contributed by atoms with E-state index in [0.29, 0.717) is 28.6 Å². The lowest BCUT2D eigenvalue weighted by Crippen LogP contribution is -2.31. The van der Waals surface area contributed by atoms with Gasteiger partial charge in [0.05, 0.1) is 4.90 Å². The summed E-state index contributed by atoms with van der Waals surface area (Å²) in [5, 5.41) is 0.586. The van der Waals surface area contributed by atoms with Crippen LogP contribution in [-0.2, 0) is 16.6 Å². The highest BCUT2D eigenvalue weighted by Crippen LogP contribution is 2.27. The Morgan fingerprint density at radius 2 is 1.68 bits per heavy atom. The minimum Gasteiger partial charge on any atom is -0.207 e. The molecule has 0 unspecified atom stereocenters. The average Bonchev–Trinajstić information content (AvgIpc) is 2.49. The third kappa shape index (κ3) is 3.51. The predicted molar refractivity (Wildman–Crippen MR) is 90.6 cm³/mol. The van der Waals surface area contributed by atoms with E-state index >= 15 is 0 Å². The molecule has 0 saturated carbocycles. The van der Waals surface area contributed by atoms with Crippen LogP contribution in [-0.4, -0.2) is 19.3 Å². The molecule has 118 valence electrons. The van der Waals surface area contributed by atoms with Gasteiger partial charge in [-0.25, -0.2) is 8.42 Å². The molecule has 5 heteroatoms. The second-order valence-corrected chi connectivity index (χ2v) is 7.60. The molecule has 0 spiro atoms. The van der Waals surface area contributed by atoms with Crippen LogP contribution in [0.4, 0.5) is 0 Å².